The van der Waals surface area contributed by atoms with E-state index in [1.165, 1.54) is 0 Å². The van der Waals surface area contributed by atoms with Crippen LogP contribution in [0, 0.1) is 0 Å². The van der Waals surface area contributed by atoms with Crippen LogP contribution in [0.25, 0.3) is 0 Å². The molecule has 0 N–H and O–H groups in total. The maximum atomic E-state index is 10.9. The highest BCUT2D eigenvalue weighted by atomic mass is 32.2. The number of Topliss-reactive ketones (excluding diaryl/α,β-unsaturated/α-hetero) is 1. The molecule has 1 aliphatic rings. The lowest BCUT2D eigenvalue weighted by molar-refractivity contribution is -0.115. The topological polar surface area (TPSA) is 34.1 Å². The number of carbonyl (C=O) groups is 1. The van der Waals surface area contributed by atoms with Gasteiger partial charge in [-0.2, -0.15) is 0 Å². The van der Waals surface area contributed by atoms with E-state index in [2.05, 4.69) is 5.87 Å². The minimum absolute atomic E-state index is 0.102. The van der Waals surface area contributed by atoms with E-state index in [0.29, 0.717) is 12.2 Å². The second-order valence-electron chi connectivity index (χ2n) is 2.10. The van der Waals surface area contributed by atoms with Crippen molar-refractivity contribution in [2.75, 3.05) is 11.5 Å². The van der Waals surface area contributed by atoms with Crippen LogP contribution in [-0.2, 0) is 14.3 Å². The van der Waals surface area contributed by atoms with Crippen molar-refractivity contribution in [3.8, 4) is 0 Å². The smallest absolute Gasteiger partial charge is 0.145 e. The van der Waals surface area contributed by atoms with Crippen molar-refractivity contribution in [3.63, 3.8) is 0 Å². The van der Waals surface area contributed by atoms with Crippen LogP contribution in [0.4, 0.5) is 0 Å². The molecule has 1 fully saturated rings. The Morgan fingerprint density at radius 1 is 1.62 bits per heavy atom. The Morgan fingerprint density at radius 3 is 2.38 bits per heavy atom. The Hall–Kier alpha value is -0.310. The van der Waals surface area contributed by atoms with Crippen LogP contribution in [0.2, 0.25) is 0 Å². The molecule has 0 saturated carbocycles. The molecule has 0 amide bonds. The Labute approximate surface area is 48.9 Å². The molecule has 1 atom stereocenters. The van der Waals surface area contributed by atoms with Gasteiger partial charge in [0.05, 0.1) is 5.75 Å². The maximum Gasteiger partial charge on any atom is 0.145 e. The van der Waals surface area contributed by atoms with Crippen molar-refractivity contribution in [3.05, 3.63) is 0 Å². The van der Waals surface area contributed by atoms with Gasteiger partial charge < -0.3 is 0 Å². The van der Waals surface area contributed by atoms with Crippen LogP contribution in [0.15, 0.2) is 0 Å². The summed E-state index contributed by atoms with van der Waals surface area (Å²) in [6.07, 6.45) is 0.475. The molecule has 8 heavy (non-hydrogen) atoms. The number of hydrogen-bond acceptors (Lipinski definition) is 2. The summed E-state index contributed by atoms with van der Waals surface area (Å²) < 4.78 is 10.9. The third-order valence-corrected chi connectivity index (χ3v) is 2.97. The highest BCUT2D eigenvalue weighted by Gasteiger charge is 2.19. The van der Waals surface area contributed by atoms with E-state index >= 15 is 0 Å². The molecular formula is C5H8O2S. The fourth-order valence-electron chi connectivity index (χ4n) is 0.738. The standard InChI is InChI=1S/C5H8O2S/c1-8(7)3-2-5(6)4-8/h1-4H2. The lowest BCUT2D eigenvalue weighted by atomic mass is 10.4. The van der Waals surface area contributed by atoms with Gasteiger partial charge in [-0.1, -0.05) is 0 Å². The van der Waals surface area contributed by atoms with Gasteiger partial charge in [0, 0.05) is 12.2 Å². The molecule has 0 aliphatic carbocycles. The predicted octanol–water partition coefficient (Wildman–Crippen LogP) is -0.324. The Bertz CT molecular complexity index is 200. The van der Waals surface area contributed by atoms with Gasteiger partial charge in [-0.25, -0.2) is 0 Å². The van der Waals surface area contributed by atoms with Crippen LogP contribution < -0.4 is 0 Å². The zero-order valence-corrected chi connectivity index (χ0v) is 5.37. The first-order chi connectivity index (χ1) is 3.60. The first kappa shape index (κ1) is 5.82. The molecule has 1 rings (SSSR count). The zero-order chi connectivity index (χ0) is 6.20. The monoisotopic (exact) mass is 132 g/mol. The number of rotatable bonds is 0. The third kappa shape index (κ3) is 1.10. The third-order valence-electron chi connectivity index (χ3n) is 1.18. The molecule has 1 aliphatic heterocycles. The van der Waals surface area contributed by atoms with Gasteiger partial charge in [0.15, 0.2) is 0 Å². The molecule has 0 spiro atoms. The molecule has 2 nitrogen and oxygen atoms in total. The van der Waals surface area contributed by atoms with Crippen molar-refractivity contribution < 1.29 is 9.00 Å². The van der Waals surface area contributed by atoms with Crippen LogP contribution in [0.3, 0.4) is 0 Å². The summed E-state index contributed by atoms with van der Waals surface area (Å²) in [5.41, 5.74) is 0. The average molecular weight is 132 g/mol. The van der Waals surface area contributed by atoms with Crippen LogP contribution >= 0.6 is 0 Å². The van der Waals surface area contributed by atoms with Gasteiger partial charge in [-0.15, -0.1) is 0 Å². The summed E-state index contributed by atoms with van der Waals surface area (Å²) in [4.78, 5) is 10.4. The highest BCUT2D eigenvalue weighted by molar-refractivity contribution is 8.01. The van der Waals surface area contributed by atoms with Crippen molar-refractivity contribution in [2.24, 2.45) is 0 Å². The van der Waals surface area contributed by atoms with E-state index in [-0.39, 0.29) is 11.5 Å². The van der Waals surface area contributed by atoms with Gasteiger partial charge >= 0.3 is 0 Å². The first-order valence-electron chi connectivity index (χ1n) is 2.44. The molecule has 1 saturated heterocycles. The van der Waals surface area contributed by atoms with E-state index in [9.17, 15) is 9.00 Å². The van der Waals surface area contributed by atoms with Gasteiger partial charge in [-0.3, -0.25) is 9.00 Å². The largest absolute Gasteiger partial charge is 0.299 e. The van der Waals surface area contributed by atoms with E-state index in [4.69, 9.17) is 0 Å². The Kier molecular flexibility index (Phi) is 1.15. The van der Waals surface area contributed by atoms with Gasteiger partial charge in [0.25, 0.3) is 0 Å². The lowest BCUT2D eigenvalue weighted by Gasteiger charge is -1.88. The number of ketones is 1. The summed E-state index contributed by atoms with van der Waals surface area (Å²) >= 11 is 0. The number of carbonyl (C=O) groups excluding carboxylic acids is 1. The molecule has 0 aromatic rings. The van der Waals surface area contributed by atoms with E-state index in [1.54, 1.807) is 0 Å². The molecule has 0 bridgehead atoms. The lowest BCUT2D eigenvalue weighted by Crippen LogP contribution is -2.02. The van der Waals surface area contributed by atoms with Crippen molar-refractivity contribution in [2.45, 2.75) is 6.42 Å². The minimum Gasteiger partial charge on any atom is -0.299 e. The first-order valence-corrected chi connectivity index (χ1v) is 4.51. The van der Waals surface area contributed by atoms with E-state index in [0.717, 1.165) is 0 Å². The van der Waals surface area contributed by atoms with Gasteiger partial charge in [0.2, 0.25) is 0 Å². The molecule has 0 aromatic heterocycles. The Morgan fingerprint density at radius 2 is 2.25 bits per heavy atom. The van der Waals surface area contributed by atoms with Crippen molar-refractivity contribution in [1.29, 1.82) is 0 Å². The van der Waals surface area contributed by atoms with Crippen LogP contribution in [0.5, 0.6) is 0 Å². The Balaban J connectivity index is 2.86. The molecule has 1 heterocycles. The molecule has 0 radical (unpaired) electrons. The summed E-state index contributed by atoms with van der Waals surface area (Å²) in [5, 5.41) is 0. The summed E-state index contributed by atoms with van der Waals surface area (Å²) in [6, 6.07) is 0. The van der Waals surface area contributed by atoms with Crippen molar-refractivity contribution >= 4 is 21.2 Å². The fourth-order valence-corrected chi connectivity index (χ4v) is 2.21. The van der Waals surface area contributed by atoms with E-state index in [1.807, 2.05) is 0 Å². The van der Waals surface area contributed by atoms with Crippen LogP contribution in [-0.4, -0.2) is 27.4 Å². The summed E-state index contributed by atoms with van der Waals surface area (Å²) in [5.74, 6) is 4.25. The van der Waals surface area contributed by atoms with Crippen molar-refractivity contribution in [1.82, 2.24) is 0 Å². The fraction of sp³-hybridized carbons (Fsp3) is 0.600. The highest BCUT2D eigenvalue weighted by Crippen LogP contribution is 2.05. The van der Waals surface area contributed by atoms with Crippen LogP contribution in [0.1, 0.15) is 6.42 Å². The average Bonchev–Trinajstić information content (AvgIpc) is 1.82. The minimum atomic E-state index is -1.95. The molecular weight excluding hydrogens is 124 g/mol. The molecule has 46 valence electrons. The van der Waals surface area contributed by atoms with Gasteiger partial charge in [0.1, 0.15) is 5.78 Å². The molecule has 0 aromatic carbocycles. The summed E-state index contributed by atoms with van der Waals surface area (Å²) in [6.45, 7) is 0. The quantitative estimate of drug-likeness (QED) is 0.423. The summed E-state index contributed by atoms with van der Waals surface area (Å²) in [7, 11) is -1.95. The number of hydrogen-bond donors (Lipinski definition) is 0. The second-order valence-corrected chi connectivity index (χ2v) is 4.73. The zero-order valence-electron chi connectivity index (χ0n) is 4.55. The predicted molar refractivity (Wildman–Crippen MR) is 34.6 cm³/mol. The molecule has 1 unspecified atom stereocenters. The van der Waals surface area contributed by atoms with E-state index < -0.39 is 9.52 Å². The SMILES string of the molecule is C=S1(=O)CCC(=O)C1. The second kappa shape index (κ2) is 1.58. The molecule has 3 heteroatoms. The van der Waals surface area contributed by atoms with Gasteiger partial charge in [-0.05, 0) is 15.4 Å². The maximum absolute atomic E-state index is 10.9. The normalized spacial score (nSPS) is 38.2.